The molecule has 1 saturated heterocycles. The van der Waals surface area contributed by atoms with Crippen LogP contribution < -0.4 is 4.90 Å². The van der Waals surface area contributed by atoms with Gasteiger partial charge in [0.2, 0.25) is 0 Å². The van der Waals surface area contributed by atoms with Crippen LogP contribution in [0.1, 0.15) is 22.8 Å². The molecule has 1 aromatic heterocycles. The van der Waals surface area contributed by atoms with Crippen LogP contribution in [-0.4, -0.2) is 47.2 Å². The number of nitrogens with zero attached hydrogens (tertiary/aromatic N) is 4. The van der Waals surface area contributed by atoms with Gasteiger partial charge in [-0.3, -0.25) is 4.79 Å². The number of anilines is 1. The van der Waals surface area contributed by atoms with Crippen LogP contribution in [0.25, 0.3) is 11.3 Å². The van der Waals surface area contributed by atoms with Crippen molar-refractivity contribution >= 4 is 27.7 Å². The van der Waals surface area contributed by atoms with Crippen molar-refractivity contribution in [2.45, 2.75) is 13.3 Å². The predicted octanol–water partition coefficient (Wildman–Crippen LogP) is 4.43. The number of amides is 1. The summed E-state index contributed by atoms with van der Waals surface area (Å²) in [5.74, 6) is 0.934. The topological polar surface area (TPSA) is 49.3 Å². The summed E-state index contributed by atoms with van der Waals surface area (Å²) in [6.45, 7) is 5.01. The van der Waals surface area contributed by atoms with E-state index in [-0.39, 0.29) is 5.91 Å². The molecular weight excluding hydrogens is 428 g/mol. The van der Waals surface area contributed by atoms with Crippen molar-refractivity contribution in [2.24, 2.45) is 0 Å². The maximum atomic E-state index is 12.7. The highest BCUT2D eigenvalue weighted by molar-refractivity contribution is 9.10. The SMILES string of the molecule is CCc1ccc(-c2ccc(N3CCN(C(=O)c4ccc(Br)cc4)CC3)nn2)cc1. The quantitative estimate of drug-likeness (QED) is 0.589. The molecule has 1 aliphatic heterocycles. The number of aryl methyl sites for hydroxylation is 1. The number of aromatic nitrogens is 2. The van der Waals surface area contributed by atoms with E-state index in [9.17, 15) is 4.79 Å². The van der Waals surface area contributed by atoms with Crippen molar-refractivity contribution in [3.8, 4) is 11.3 Å². The molecule has 0 aliphatic carbocycles. The first kappa shape index (κ1) is 19.6. The van der Waals surface area contributed by atoms with Crippen LogP contribution in [0.4, 0.5) is 5.82 Å². The van der Waals surface area contributed by atoms with Gasteiger partial charge >= 0.3 is 0 Å². The minimum absolute atomic E-state index is 0.0779. The molecular formula is C23H23BrN4O. The Morgan fingerprint density at radius 3 is 2.17 bits per heavy atom. The first-order chi connectivity index (χ1) is 14.1. The van der Waals surface area contributed by atoms with Gasteiger partial charge < -0.3 is 9.80 Å². The average molecular weight is 451 g/mol. The molecule has 5 nitrogen and oxygen atoms in total. The minimum Gasteiger partial charge on any atom is -0.352 e. The zero-order valence-electron chi connectivity index (χ0n) is 16.4. The molecule has 29 heavy (non-hydrogen) atoms. The summed E-state index contributed by atoms with van der Waals surface area (Å²) in [5.41, 5.74) is 3.99. The Balaban J connectivity index is 1.38. The molecule has 1 amide bonds. The van der Waals surface area contributed by atoms with Crippen LogP contribution >= 0.6 is 15.9 Å². The van der Waals surface area contributed by atoms with E-state index in [0.29, 0.717) is 13.1 Å². The number of benzene rings is 2. The van der Waals surface area contributed by atoms with Crippen LogP contribution in [0, 0.1) is 0 Å². The van der Waals surface area contributed by atoms with Gasteiger partial charge in [0.1, 0.15) is 0 Å². The number of piperazine rings is 1. The van der Waals surface area contributed by atoms with E-state index in [1.54, 1.807) is 0 Å². The van der Waals surface area contributed by atoms with Crippen LogP contribution in [-0.2, 0) is 6.42 Å². The third-order valence-electron chi connectivity index (χ3n) is 5.29. The molecule has 6 heteroatoms. The van der Waals surface area contributed by atoms with E-state index in [4.69, 9.17) is 0 Å². The number of hydrogen-bond acceptors (Lipinski definition) is 4. The zero-order valence-corrected chi connectivity index (χ0v) is 18.0. The van der Waals surface area contributed by atoms with Crippen LogP contribution in [0.5, 0.6) is 0 Å². The first-order valence-corrected chi connectivity index (χ1v) is 10.7. The van der Waals surface area contributed by atoms with Gasteiger partial charge in [-0.15, -0.1) is 10.2 Å². The minimum atomic E-state index is 0.0779. The van der Waals surface area contributed by atoms with E-state index >= 15 is 0 Å². The lowest BCUT2D eigenvalue weighted by Gasteiger charge is -2.35. The van der Waals surface area contributed by atoms with Crippen LogP contribution in [0.3, 0.4) is 0 Å². The lowest BCUT2D eigenvalue weighted by atomic mass is 10.1. The van der Waals surface area contributed by atoms with Crippen molar-refractivity contribution in [3.63, 3.8) is 0 Å². The Hall–Kier alpha value is -2.73. The van der Waals surface area contributed by atoms with Gasteiger partial charge in [0.15, 0.2) is 5.82 Å². The van der Waals surface area contributed by atoms with Gasteiger partial charge in [-0.25, -0.2) is 0 Å². The van der Waals surface area contributed by atoms with Gasteiger partial charge in [-0.1, -0.05) is 47.1 Å². The van der Waals surface area contributed by atoms with Crippen LogP contribution in [0.15, 0.2) is 65.1 Å². The van der Waals surface area contributed by atoms with Gasteiger partial charge in [-0.05, 0) is 48.4 Å². The molecule has 1 fully saturated rings. The standard InChI is InChI=1S/C23H23BrN4O/c1-2-17-3-5-18(6-4-17)21-11-12-22(26-25-21)27-13-15-28(16-14-27)23(29)19-7-9-20(24)10-8-19/h3-12H,2,13-16H2,1H3. The molecule has 4 rings (SSSR count). The molecule has 3 aromatic rings. The van der Waals surface area contributed by atoms with E-state index in [1.807, 2.05) is 41.3 Å². The third-order valence-corrected chi connectivity index (χ3v) is 5.82. The summed E-state index contributed by atoms with van der Waals surface area (Å²) in [6.07, 6.45) is 1.03. The molecule has 0 unspecified atom stereocenters. The van der Waals surface area contributed by atoms with E-state index in [2.05, 4.69) is 62.2 Å². The predicted molar refractivity (Wildman–Crippen MR) is 119 cm³/mol. The summed E-state index contributed by atoms with van der Waals surface area (Å²) in [7, 11) is 0. The molecule has 0 bridgehead atoms. The summed E-state index contributed by atoms with van der Waals surface area (Å²) in [5, 5.41) is 8.84. The second kappa shape index (κ2) is 8.74. The summed E-state index contributed by atoms with van der Waals surface area (Å²) in [4.78, 5) is 16.7. The second-order valence-electron chi connectivity index (χ2n) is 7.11. The fourth-order valence-electron chi connectivity index (χ4n) is 3.47. The summed E-state index contributed by atoms with van der Waals surface area (Å²) < 4.78 is 0.974. The Kier molecular flexibility index (Phi) is 5.90. The third kappa shape index (κ3) is 4.48. The van der Waals surface area contributed by atoms with E-state index in [0.717, 1.165) is 46.6 Å². The van der Waals surface area contributed by atoms with Crippen molar-refractivity contribution < 1.29 is 4.79 Å². The van der Waals surface area contributed by atoms with Gasteiger partial charge in [0.25, 0.3) is 5.91 Å². The highest BCUT2D eigenvalue weighted by Crippen LogP contribution is 2.21. The lowest BCUT2D eigenvalue weighted by Crippen LogP contribution is -2.49. The van der Waals surface area contributed by atoms with Gasteiger partial charge in [0, 0.05) is 41.8 Å². The Morgan fingerprint density at radius 1 is 0.897 bits per heavy atom. The van der Waals surface area contributed by atoms with Gasteiger partial charge in [-0.2, -0.15) is 0 Å². The fourth-order valence-corrected chi connectivity index (χ4v) is 3.74. The van der Waals surface area contributed by atoms with E-state index in [1.165, 1.54) is 5.56 Å². The maximum absolute atomic E-state index is 12.7. The second-order valence-corrected chi connectivity index (χ2v) is 8.03. The van der Waals surface area contributed by atoms with Crippen molar-refractivity contribution in [1.29, 1.82) is 0 Å². The molecule has 148 valence electrons. The molecule has 2 aromatic carbocycles. The molecule has 0 atom stereocenters. The van der Waals surface area contributed by atoms with Crippen molar-refractivity contribution in [2.75, 3.05) is 31.1 Å². The zero-order chi connectivity index (χ0) is 20.2. The Bertz CT molecular complexity index is 963. The molecule has 1 aliphatic rings. The number of carbonyl (C=O) groups is 1. The first-order valence-electron chi connectivity index (χ1n) is 9.87. The lowest BCUT2D eigenvalue weighted by molar-refractivity contribution is 0.0746. The molecule has 2 heterocycles. The summed E-state index contributed by atoms with van der Waals surface area (Å²) >= 11 is 3.41. The monoisotopic (exact) mass is 450 g/mol. The Morgan fingerprint density at radius 2 is 1.59 bits per heavy atom. The van der Waals surface area contributed by atoms with E-state index < -0.39 is 0 Å². The molecule has 0 radical (unpaired) electrons. The number of carbonyl (C=O) groups excluding carboxylic acids is 1. The number of hydrogen-bond donors (Lipinski definition) is 0. The molecule has 0 N–H and O–H groups in total. The normalized spacial score (nSPS) is 14.1. The van der Waals surface area contributed by atoms with Crippen molar-refractivity contribution in [1.82, 2.24) is 15.1 Å². The highest BCUT2D eigenvalue weighted by Gasteiger charge is 2.23. The largest absolute Gasteiger partial charge is 0.352 e. The average Bonchev–Trinajstić information content (AvgIpc) is 2.79. The fraction of sp³-hybridized carbons (Fsp3) is 0.261. The Labute approximate surface area is 179 Å². The van der Waals surface area contributed by atoms with Gasteiger partial charge in [0.05, 0.1) is 5.69 Å². The molecule has 0 spiro atoms. The maximum Gasteiger partial charge on any atom is 0.253 e. The van der Waals surface area contributed by atoms with Crippen LogP contribution in [0.2, 0.25) is 0 Å². The number of rotatable bonds is 4. The number of halogens is 1. The van der Waals surface area contributed by atoms with Crippen molar-refractivity contribution in [3.05, 3.63) is 76.3 Å². The highest BCUT2D eigenvalue weighted by atomic mass is 79.9. The smallest absolute Gasteiger partial charge is 0.253 e. The summed E-state index contributed by atoms with van der Waals surface area (Å²) in [6, 6.07) is 20.0. The molecule has 0 saturated carbocycles.